The second-order valence-electron chi connectivity index (χ2n) is 9.31. The first-order valence-electron chi connectivity index (χ1n) is 12.8. The largest absolute Gasteiger partial charge is 0.340 e. The molecule has 0 aliphatic carbocycles. The number of carbonyl (C=O) groups is 1. The Morgan fingerprint density at radius 2 is 1.56 bits per heavy atom. The van der Waals surface area contributed by atoms with E-state index in [1.165, 1.54) is 5.56 Å². The highest BCUT2D eigenvalue weighted by Gasteiger charge is 2.22. The Morgan fingerprint density at radius 3 is 2.31 bits per heavy atom. The fourth-order valence-electron chi connectivity index (χ4n) is 4.58. The number of aromatic nitrogens is 3. The number of carbonyl (C=O) groups excluding carboxylic acids is 1. The quantitative estimate of drug-likeness (QED) is 0.151. The highest BCUT2D eigenvalue weighted by Crippen LogP contribution is 2.34. The molecule has 0 saturated carbocycles. The molecule has 0 spiro atoms. The minimum absolute atomic E-state index is 0.206. The lowest BCUT2D eigenvalue weighted by atomic mass is 10.2. The molecule has 1 aromatic heterocycles. The maximum Gasteiger partial charge on any atom is 0.222 e. The van der Waals surface area contributed by atoms with Gasteiger partial charge in [0.1, 0.15) is 0 Å². The lowest BCUT2D eigenvalue weighted by molar-refractivity contribution is -0.133. The van der Waals surface area contributed by atoms with Crippen LogP contribution in [0.25, 0.3) is 17.1 Å². The number of piperazine rings is 1. The molecule has 0 bridgehead atoms. The Morgan fingerprint density at radius 1 is 0.821 bits per heavy atom. The van der Waals surface area contributed by atoms with Gasteiger partial charge in [0.15, 0.2) is 11.0 Å². The molecule has 202 valence electrons. The summed E-state index contributed by atoms with van der Waals surface area (Å²) in [5.41, 5.74) is 2.86. The Labute approximate surface area is 247 Å². The van der Waals surface area contributed by atoms with Crippen LogP contribution >= 0.6 is 46.6 Å². The zero-order chi connectivity index (χ0) is 27.2. The number of rotatable bonds is 9. The highest BCUT2D eigenvalue weighted by atomic mass is 35.5. The van der Waals surface area contributed by atoms with Gasteiger partial charge in [-0.3, -0.25) is 14.3 Å². The summed E-state index contributed by atoms with van der Waals surface area (Å²) in [5, 5.41) is 11.1. The molecular weight excluding hydrogens is 573 g/mol. The average Bonchev–Trinajstić information content (AvgIpc) is 3.37. The van der Waals surface area contributed by atoms with Gasteiger partial charge in [-0.15, -0.1) is 10.2 Å². The predicted molar refractivity (Wildman–Crippen MR) is 160 cm³/mol. The van der Waals surface area contributed by atoms with Gasteiger partial charge in [0.05, 0.1) is 20.8 Å². The van der Waals surface area contributed by atoms with Crippen LogP contribution in [0.5, 0.6) is 0 Å². The van der Waals surface area contributed by atoms with Crippen LogP contribution in [0, 0.1) is 0 Å². The summed E-state index contributed by atoms with van der Waals surface area (Å²) in [6.45, 7) is 4.26. The number of hydrogen-bond donors (Lipinski definition) is 0. The van der Waals surface area contributed by atoms with E-state index in [1.807, 2.05) is 45.9 Å². The summed E-state index contributed by atoms with van der Waals surface area (Å²) < 4.78 is 1.93. The fraction of sp³-hybridized carbons (Fsp3) is 0.276. The van der Waals surface area contributed by atoms with E-state index in [0.717, 1.165) is 56.1 Å². The zero-order valence-electron chi connectivity index (χ0n) is 21.3. The standard InChI is InChI=1S/C29H28Cl3N5OS/c30-24-10-5-4-9-23(24)28-33-34-29(37(28)22-12-13-25(31)26(32)19-22)39-18-6-11-27(38)36-16-14-35(15-17-36)20-21-7-2-1-3-8-21/h1-5,7-10,12-13,19H,6,11,14-18,20H2. The second kappa shape index (κ2) is 13.2. The van der Waals surface area contributed by atoms with Crippen LogP contribution in [0.4, 0.5) is 0 Å². The summed E-state index contributed by atoms with van der Waals surface area (Å²) in [4.78, 5) is 17.3. The molecular formula is C29H28Cl3N5OS. The number of thioether (sulfide) groups is 1. The lowest BCUT2D eigenvalue weighted by Crippen LogP contribution is -2.48. The summed E-state index contributed by atoms with van der Waals surface area (Å²) in [7, 11) is 0. The molecule has 1 aliphatic rings. The lowest BCUT2D eigenvalue weighted by Gasteiger charge is -2.34. The van der Waals surface area contributed by atoms with Gasteiger partial charge in [0, 0.05) is 50.5 Å². The third kappa shape index (κ3) is 6.97. The van der Waals surface area contributed by atoms with Gasteiger partial charge >= 0.3 is 0 Å². The first kappa shape index (κ1) is 28.0. The predicted octanol–water partition coefficient (Wildman–Crippen LogP) is 7.11. The van der Waals surface area contributed by atoms with E-state index in [2.05, 4.69) is 39.4 Å². The van der Waals surface area contributed by atoms with E-state index in [0.29, 0.717) is 32.5 Å². The van der Waals surface area contributed by atoms with Gasteiger partial charge in [-0.1, -0.05) is 89.0 Å². The maximum absolute atomic E-state index is 12.9. The van der Waals surface area contributed by atoms with Crippen molar-refractivity contribution >= 4 is 52.5 Å². The van der Waals surface area contributed by atoms with Crippen molar-refractivity contribution in [3.05, 3.63) is 93.4 Å². The van der Waals surface area contributed by atoms with E-state index < -0.39 is 0 Å². The minimum Gasteiger partial charge on any atom is -0.340 e. The van der Waals surface area contributed by atoms with Crippen molar-refractivity contribution in [3.8, 4) is 17.1 Å². The minimum atomic E-state index is 0.206. The molecule has 1 aliphatic heterocycles. The number of amides is 1. The van der Waals surface area contributed by atoms with Crippen molar-refractivity contribution in [2.24, 2.45) is 0 Å². The zero-order valence-corrected chi connectivity index (χ0v) is 24.4. The van der Waals surface area contributed by atoms with Crippen LogP contribution in [0.2, 0.25) is 15.1 Å². The van der Waals surface area contributed by atoms with Crippen molar-refractivity contribution in [2.75, 3.05) is 31.9 Å². The molecule has 3 aromatic carbocycles. The smallest absolute Gasteiger partial charge is 0.222 e. The molecule has 4 aromatic rings. The normalized spacial score (nSPS) is 14.1. The Kier molecular flexibility index (Phi) is 9.48. The summed E-state index contributed by atoms with van der Waals surface area (Å²) in [5.74, 6) is 1.55. The van der Waals surface area contributed by atoms with Crippen LogP contribution in [-0.2, 0) is 11.3 Å². The summed E-state index contributed by atoms with van der Waals surface area (Å²) in [6, 6.07) is 23.4. The number of benzene rings is 3. The summed E-state index contributed by atoms with van der Waals surface area (Å²) >= 11 is 20.5. The molecule has 0 N–H and O–H groups in total. The Bertz CT molecular complexity index is 1420. The number of hydrogen-bond acceptors (Lipinski definition) is 5. The third-order valence-corrected chi connectivity index (χ3v) is 8.73. The van der Waals surface area contributed by atoms with E-state index in [1.54, 1.807) is 23.9 Å². The molecule has 5 rings (SSSR count). The molecule has 39 heavy (non-hydrogen) atoms. The van der Waals surface area contributed by atoms with E-state index in [-0.39, 0.29) is 5.91 Å². The molecule has 0 atom stereocenters. The first-order valence-corrected chi connectivity index (χ1v) is 14.9. The Balaban J connectivity index is 1.19. The molecule has 1 saturated heterocycles. The van der Waals surface area contributed by atoms with E-state index in [4.69, 9.17) is 34.8 Å². The van der Waals surface area contributed by atoms with Crippen molar-refractivity contribution in [3.63, 3.8) is 0 Å². The Hall–Kier alpha value is -2.55. The van der Waals surface area contributed by atoms with Crippen LogP contribution in [0.1, 0.15) is 18.4 Å². The van der Waals surface area contributed by atoms with E-state index in [9.17, 15) is 4.79 Å². The topological polar surface area (TPSA) is 54.3 Å². The maximum atomic E-state index is 12.9. The monoisotopic (exact) mass is 599 g/mol. The SMILES string of the molecule is O=C(CCCSc1nnc(-c2ccccc2Cl)n1-c1ccc(Cl)c(Cl)c1)N1CCN(Cc2ccccc2)CC1. The summed E-state index contributed by atoms with van der Waals surface area (Å²) in [6.07, 6.45) is 1.24. The van der Waals surface area contributed by atoms with Crippen molar-refractivity contribution in [2.45, 2.75) is 24.5 Å². The second-order valence-corrected chi connectivity index (χ2v) is 11.6. The van der Waals surface area contributed by atoms with Crippen LogP contribution in [0.15, 0.2) is 78.0 Å². The molecule has 1 fully saturated rings. The van der Waals surface area contributed by atoms with Gasteiger partial charge in [0.25, 0.3) is 0 Å². The average molecular weight is 601 g/mol. The third-order valence-electron chi connectivity index (χ3n) is 6.65. The highest BCUT2D eigenvalue weighted by molar-refractivity contribution is 7.99. The van der Waals surface area contributed by atoms with Crippen LogP contribution in [0.3, 0.4) is 0 Å². The molecule has 10 heteroatoms. The first-order chi connectivity index (χ1) is 19.0. The number of nitrogens with zero attached hydrogens (tertiary/aromatic N) is 5. The number of halogens is 3. The molecule has 0 unspecified atom stereocenters. The van der Waals surface area contributed by atoms with Crippen molar-refractivity contribution in [1.82, 2.24) is 24.6 Å². The van der Waals surface area contributed by atoms with Crippen LogP contribution in [-0.4, -0.2) is 62.4 Å². The van der Waals surface area contributed by atoms with Gasteiger partial charge in [-0.2, -0.15) is 0 Å². The van der Waals surface area contributed by atoms with Crippen molar-refractivity contribution in [1.29, 1.82) is 0 Å². The van der Waals surface area contributed by atoms with Crippen molar-refractivity contribution < 1.29 is 4.79 Å². The fourth-order valence-corrected chi connectivity index (χ4v) is 5.98. The molecule has 6 nitrogen and oxygen atoms in total. The molecule has 1 amide bonds. The van der Waals surface area contributed by atoms with E-state index >= 15 is 0 Å². The van der Waals surface area contributed by atoms with Crippen LogP contribution < -0.4 is 0 Å². The molecule has 0 radical (unpaired) electrons. The van der Waals surface area contributed by atoms with Gasteiger partial charge < -0.3 is 4.90 Å². The van der Waals surface area contributed by atoms with Gasteiger partial charge in [-0.05, 0) is 42.3 Å². The van der Waals surface area contributed by atoms with Gasteiger partial charge in [0.2, 0.25) is 5.91 Å². The van der Waals surface area contributed by atoms with Gasteiger partial charge in [-0.25, -0.2) is 0 Å². The molecule has 2 heterocycles.